The van der Waals surface area contributed by atoms with Crippen molar-refractivity contribution in [1.82, 2.24) is 20.2 Å². The number of aryl methyl sites for hydroxylation is 1. The average molecular weight is 153 g/mol. The Morgan fingerprint density at radius 1 is 1.64 bits per heavy atom. The van der Waals surface area contributed by atoms with Crippen molar-refractivity contribution >= 4 is 0 Å². The molecule has 2 N–H and O–H groups in total. The lowest BCUT2D eigenvalue weighted by Crippen LogP contribution is -2.06. The van der Waals surface area contributed by atoms with Crippen LogP contribution in [0.2, 0.25) is 0 Å². The zero-order chi connectivity index (χ0) is 8.10. The second-order valence-electron chi connectivity index (χ2n) is 2.28. The Balaban J connectivity index is 2.29. The summed E-state index contributed by atoms with van der Waals surface area (Å²) in [6.07, 6.45) is 2.41. The third-order valence-electron chi connectivity index (χ3n) is 1.37. The first-order chi connectivity index (χ1) is 5.33. The molecule has 0 atom stereocenters. The third kappa shape index (κ3) is 2.46. The fourth-order valence-electron chi connectivity index (χ4n) is 0.657. The normalized spacial score (nSPS) is 9.91. The van der Waals surface area contributed by atoms with Gasteiger partial charge in [-0.3, -0.25) is 0 Å². The molecule has 1 aromatic rings. The maximum Gasteiger partial charge on any atom is 0.138 e. The Morgan fingerprint density at radius 2 is 2.45 bits per heavy atom. The van der Waals surface area contributed by atoms with Crippen molar-refractivity contribution in [1.29, 1.82) is 0 Å². The van der Waals surface area contributed by atoms with Crippen LogP contribution < -0.4 is 5.73 Å². The van der Waals surface area contributed by atoms with E-state index < -0.39 is 0 Å². The third-order valence-corrected chi connectivity index (χ3v) is 1.37. The van der Waals surface area contributed by atoms with Crippen LogP contribution in [0, 0.1) is 0 Å². The van der Waals surface area contributed by atoms with Crippen LogP contribution in [-0.2, 0) is 6.54 Å². The van der Waals surface area contributed by atoms with Crippen molar-refractivity contribution < 1.29 is 0 Å². The predicted molar refractivity (Wildman–Crippen MR) is 40.6 cm³/mol. The molecule has 0 amide bonds. The zero-order valence-corrected chi connectivity index (χ0v) is 6.27. The molecule has 0 fully saturated rings. The summed E-state index contributed by atoms with van der Waals surface area (Å²) in [5, 5.41) is 10.7. The van der Waals surface area contributed by atoms with E-state index in [9.17, 15) is 0 Å². The summed E-state index contributed by atoms with van der Waals surface area (Å²) in [6, 6.07) is 0. The average Bonchev–Trinajstić information content (AvgIpc) is 2.52. The molecule has 0 spiro atoms. The van der Waals surface area contributed by atoms with E-state index in [1.807, 2.05) is 0 Å². The lowest BCUT2D eigenvalue weighted by molar-refractivity contribution is 0.584. The molecule has 11 heavy (non-hydrogen) atoms. The molecule has 0 aliphatic heterocycles. The van der Waals surface area contributed by atoms with Gasteiger partial charge in [-0.05, 0) is 16.8 Å². The van der Waals surface area contributed by atoms with Gasteiger partial charge in [0.05, 0.1) is 0 Å². The standard InChI is InChI=1S/C6H11N5/c1-6(4-7)2-3-11-5-8-9-10-11/h5H,1-4,7H2. The zero-order valence-electron chi connectivity index (χ0n) is 6.27. The molecule has 0 unspecified atom stereocenters. The minimum absolute atomic E-state index is 0.530. The summed E-state index contributed by atoms with van der Waals surface area (Å²) in [4.78, 5) is 0. The molecule has 0 saturated carbocycles. The minimum atomic E-state index is 0.530. The van der Waals surface area contributed by atoms with E-state index in [0.717, 1.165) is 18.5 Å². The summed E-state index contributed by atoms with van der Waals surface area (Å²) < 4.78 is 1.65. The van der Waals surface area contributed by atoms with Crippen molar-refractivity contribution in [2.24, 2.45) is 5.73 Å². The fourth-order valence-corrected chi connectivity index (χ4v) is 0.657. The van der Waals surface area contributed by atoms with Crippen LogP contribution >= 0.6 is 0 Å². The van der Waals surface area contributed by atoms with Gasteiger partial charge in [0, 0.05) is 13.1 Å². The van der Waals surface area contributed by atoms with E-state index >= 15 is 0 Å². The molecule has 1 rings (SSSR count). The topological polar surface area (TPSA) is 69.6 Å². The number of nitrogens with zero attached hydrogens (tertiary/aromatic N) is 4. The largest absolute Gasteiger partial charge is 0.327 e. The van der Waals surface area contributed by atoms with Crippen LogP contribution in [0.15, 0.2) is 18.5 Å². The first-order valence-corrected chi connectivity index (χ1v) is 3.40. The van der Waals surface area contributed by atoms with Gasteiger partial charge in [-0.1, -0.05) is 12.2 Å². The lowest BCUT2D eigenvalue weighted by atomic mass is 10.2. The summed E-state index contributed by atoms with van der Waals surface area (Å²) in [5.41, 5.74) is 6.37. The molecule has 60 valence electrons. The molecule has 5 nitrogen and oxygen atoms in total. The highest BCUT2D eigenvalue weighted by atomic mass is 15.5. The Morgan fingerprint density at radius 3 is 3.00 bits per heavy atom. The number of nitrogens with two attached hydrogens (primary N) is 1. The van der Waals surface area contributed by atoms with E-state index in [4.69, 9.17) is 5.73 Å². The molecule has 5 heteroatoms. The highest BCUT2D eigenvalue weighted by Crippen LogP contribution is 1.96. The Bertz CT molecular complexity index is 215. The molecule has 0 aliphatic rings. The number of tetrazole rings is 1. The first-order valence-electron chi connectivity index (χ1n) is 3.40. The van der Waals surface area contributed by atoms with Crippen molar-refractivity contribution in [3.05, 3.63) is 18.5 Å². The molecule has 0 radical (unpaired) electrons. The Kier molecular flexibility index (Phi) is 2.74. The van der Waals surface area contributed by atoms with E-state index in [1.165, 1.54) is 0 Å². The van der Waals surface area contributed by atoms with Gasteiger partial charge in [0.25, 0.3) is 0 Å². The van der Waals surface area contributed by atoms with E-state index in [0.29, 0.717) is 6.54 Å². The van der Waals surface area contributed by atoms with Gasteiger partial charge in [0.2, 0.25) is 0 Å². The van der Waals surface area contributed by atoms with Crippen LogP contribution in [0.1, 0.15) is 6.42 Å². The van der Waals surface area contributed by atoms with Gasteiger partial charge in [0.15, 0.2) is 0 Å². The van der Waals surface area contributed by atoms with Gasteiger partial charge in [-0.25, -0.2) is 4.68 Å². The first kappa shape index (κ1) is 7.87. The van der Waals surface area contributed by atoms with Crippen LogP contribution in [0.25, 0.3) is 0 Å². The van der Waals surface area contributed by atoms with Crippen LogP contribution in [0.3, 0.4) is 0 Å². The Hall–Kier alpha value is -1.23. The predicted octanol–water partition coefficient (Wildman–Crippen LogP) is -0.422. The van der Waals surface area contributed by atoms with Crippen LogP contribution in [0.4, 0.5) is 0 Å². The minimum Gasteiger partial charge on any atom is -0.327 e. The maximum absolute atomic E-state index is 5.35. The molecule has 0 saturated heterocycles. The summed E-state index contributed by atoms with van der Waals surface area (Å²) >= 11 is 0. The molecule has 1 heterocycles. The number of aromatic nitrogens is 4. The molecular weight excluding hydrogens is 142 g/mol. The number of hydrogen-bond donors (Lipinski definition) is 1. The number of hydrogen-bond acceptors (Lipinski definition) is 4. The lowest BCUT2D eigenvalue weighted by Gasteiger charge is -1.99. The van der Waals surface area contributed by atoms with Crippen molar-refractivity contribution in [2.75, 3.05) is 6.54 Å². The second kappa shape index (κ2) is 3.82. The highest BCUT2D eigenvalue weighted by molar-refractivity contribution is 4.94. The smallest absolute Gasteiger partial charge is 0.138 e. The summed E-state index contributed by atoms with van der Waals surface area (Å²) in [6.45, 7) is 5.05. The van der Waals surface area contributed by atoms with E-state index in [2.05, 4.69) is 22.1 Å². The second-order valence-corrected chi connectivity index (χ2v) is 2.28. The molecule has 0 aliphatic carbocycles. The van der Waals surface area contributed by atoms with Gasteiger partial charge < -0.3 is 5.73 Å². The van der Waals surface area contributed by atoms with Crippen LogP contribution in [0.5, 0.6) is 0 Å². The van der Waals surface area contributed by atoms with Crippen molar-refractivity contribution in [2.45, 2.75) is 13.0 Å². The number of rotatable bonds is 4. The fraction of sp³-hybridized carbons (Fsp3) is 0.500. The van der Waals surface area contributed by atoms with E-state index in [1.54, 1.807) is 11.0 Å². The molecule has 0 bridgehead atoms. The highest BCUT2D eigenvalue weighted by Gasteiger charge is 1.93. The quantitative estimate of drug-likeness (QED) is 0.596. The van der Waals surface area contributed by atoms with E-state index in [-0.39, 0.29) is 0 Å². The summed E-state index contributed by atoms with van der Waals surface area (Å²) in [5.74, 6) is 0. The van der Waals surface area contributed by atoms with Crippen molar-refractivity contribution in [3.63, 3.8) is 0 Å². The monoisotopic (exact) mass is 153 g/mol. The SMILES string of the molecule is C=C(CN)CCn1cnnn1. The van der Waals surface area contributed by atoms with Crippen molar-refractivity contribution in [3.8, 4) is 0 Å². The summed E-state index contributed by atoms with van der Waals surface area (Å²) in [7, 11) is 0. The molecule has 0 aromatic carbocycles. The molecule has 1 aromatic heterocycles. The van der Waals surface area contributed by atoms with Gasteiger partial charge >= 0.3 is 0 Å². The van der Waals surface area contributed by atoms with Gasteiger partial charge in [-0.2, -0.15) is 0 Å². The van der Waals surface area contributed by atoms with Gasteiger partial charge in [-0.15, -0.1) is 5.10 Å². The maximum atomic E-state index is 5.35. The molecular formula is C6H11N5. The Labute approximate surface area is 64.9 Å². The van der Waals surface area contributed by atoms with Crippen LogP contribution in [-0.4, -0.2) is 26.8 Å². The van der Waals surface area contributed by atoms with Gasteiger partial charge in [0.1, 0.15) is 6.33 Å².